The lowest BCUT2D eigenvalue weighted by molar-refractivity contribution is 0.204. The molecule has 1 aromatic rings. The molecule has 1 heterocycles. The first-order chi connectivity index (χ1) is 8.12. The summed E-state index contributed by atoms with van der Waals surface area (Å²) < 4.78 is 0. The summed E-state index contributed by atoms with van der Waals surface area (Å²) in [5, 5.41) is 12.7. The highest BCUT2D eigenvalue weighted by Crippen LogP contribution is 2.38. The third kappa shape index (κ3) is 3.24. The van der Waals surface area contributed by atoms with E-state index in [1.165, 1.54) is 10.5 Å². The normalized spacial score (nSPS) is 19.4. The summed E-state index contributed by atoms with van der Waals surface area (Å²) in [6.07, 6.45) is 0.849. The lowest BCUT2D eigenvalue weighted by Gasteiger charge is -2.26. The van der Waals surface area contributed by atoms with Gasteiger partial charge < -0.3 is 10.4 Å². The highest BCUT2D eigenvalue weighted by molar-refractivity contribution is 7.99. The van der Waals surface area contributed by atoms with Crippen molar-refractivity contribution in [2.75, 3.05) is 18.9 Å². The van der Waals surface area contributed by atoms with Crippen molar-refractivity contribution in [2.24, 2.45) is 5.41 Å². The number of aliphatic hydroxyl groups is 1. The first-order valence-electron chi connectivity index (χ1n) is 6.18. The zero-order valence-corrected chi connectivity index (χ0v) is 11.4. The molecule has 0 spiro atoms. The maximum Gasteiger partial charge on any atom is 0.0436 e. The van der Waals surface area contributed by atoms with Crippen molar-refractivity contribution in [3.63, 3.8) is 0 Å². The van der Waals surface area contributed by atoms with E-state index in [0.29, 0.717) is 6.04 Å². The summed E-state index contributed by atoms with van der Waals surface area (Å²) in [5.74, 6) is 1.12. The first-order valence-corrected chi connectivity index (χ1v) is 7.17. The van der Waals surface area contributed by atoms with Crippen molar-refractivity contribution in [3.05, 3.63) is 29.8 Å². The third-order valence-corrected chi connectivity index (χ3v) is 4.50. The van der Waals surface area contributed by atoms with Crippen LogP contribution in [0.4, 0.5) is 0 Å². The summed E-state index contributed by atoms with van der Waals surface area (Å²) in [5.41, 5.74) is 1.59. The van der Waals surface area contributed by atoms with Crippen molar-refractivity contribution >= 4 is 11.8 Å². The lowest BCUT2D eigenvalue weighted by atomic mass is 9.89. The monoisotopic (exact) mass is 251 g/mol. The predicted molar refractivity (Wildman–Crippen MR) is 73.4 cm³/mol. The molecule has 1 atom stereocenters. The van der Waals surface area contributed by atoms with Crippen LogP contribution in [0.1, 0.15) is 31.9 Å². The molecule has 1 unspecified atom stereocenters. The van der Waals surface area contributed by atoms with Gasteiger partial charge in [-0.05, 0) is 23.5 Å². The van der Waals surface area contributed by atoms with Gasteiger partial charge in [-0.25, -0.2) is 0 Å². The number of rotatable bonds is 5. The van der Waals surface area contributed by atoms with E-state index in [1.807, 2.05) is 11.8 Å². The van der Waals surface area contributed by atoms with Crippen LogP contribution in [0.3, 0.4) is 0 Å². The minimum atomic E-state index is 0.164. The average Bonchev–Trinajstić information content (AvgIpc) is 2.70. The van der Waals surface area contributed by atoms with E-state index >= 15 is 0 Å². The summed E-state index contributed by atoms with van der Waals surface area (Å²) >= 11 is 1.93. The van der Waals surface area contributed by atoms with Crippen LogP contribution in [-0.4, -0.2) is 24.0 Å². The average molecular weight is 251 g/mol. The van der Waals surface area contributed by atoms with Gasteiger partial charge in [-0.3, -0.25) is 0 Å². The van der Waals surface area contributed by atoms with Gasteiger partial charge in [0.25, 0.3) is 0 Å². The summed E-state index contributed by atoms with van der Waals surface area (Å²) in [6.45, 7) is 5.62. The molecule has 1 aliphatic heterocycles. The molecule has 0 aliphatic carbocycles. The van der Waals surface area contributed by atoms with E-state index in [1.54, 1.807) is 0 Å². The van der Waals surface area contributed by atoms with Crippen LogP contribution in [0.15, 0.2) is 29.2 Å². The van der Waals surface area contributed by atoms with Crippen LogP contribution in [0.2, 0.25) is 0 Å². The molecule has 0 amide bonds. The number of benzene rings is 1. The molecule has 0 saturated carbocycles. The van der Waals surface area contributed by atoms with Gasteiger partial charge in [-0.15, -0.1) is 11.8 Å². The molecule has 1 aromatic carbocycles. The van der Waals surface area contributed by atoms with Crippen molar-refractivity contribution in [1.29, 1.82) is 0 Å². The lowest BCUT2D eigenvalue weighted by Crippen LogP contribution is -2.33. The number of aliphatic hydroxyl groups excluding tert-OH is 1. The second-order valence-corrected chi connectivity index (χ2v) is 6.48. The van der Waals surface area contributed by atoms with Gasteiger partial charge in [-0.2, -0.15) is 0 Å². The Morgan fingerprint density at radius 2 is 2.18 bits per heavy atom. The van der Waals surface area contributed by atoms with Crippen molar-refractivity contribution in [1.82, 2.24) is 5.32 Å². The quantitative estimate of drug-likeness (QED) is 0.844. The molecule has 94 valence electrons. The van der Waals surface area contributed by atoms with Gasteiger partial charge in [0.2, 0.25) is 0 Å². The second-order valence-electron chi connectivity index (χ2n) is 5.42. The van der Waals surface area contributed by atoms with Crippen LogP contribution < -0.4 is 5.32 Å². The Hall–Kier alpha value is -0.510. The molecule has 1 aliphatic rings. The molecular formula is C14H21NOS. The van der Waals surface area contributed by atoms with E-state index in [2.05, 4.69) is 43.4 Å². The zero-order valence-electron chi connectivity index (χ0n) is 10.6. The molecule has 0 radical (unpaired) electrons. The van der Waals surface area contributed by atoms with E-state index < -0.39 is 0 Å². The molecule has 0 aromatic heterocycles. The Labute approximate surface area is 108 Å². The standard InChI is InChI=1S/C14H21NOS/c1-14(2,7-8-16)10-15-12-9-17-13-6-4-3-5-11(12)13/h3-6,12,15-16H,7-10H2,1-2H3. The highest BCUT2D eigenvalue weighted by atomic mass is 32.2. The van der Waals surface area contributed by atoms with Crippen LogP contribution in [0.5, 0.6) is 0 Å². The number of hydrogen-bond acceptors (Lipinski definition) is 3. The molecule has 0 bridgehead atoms. The number of thioether (sulfide) groups is 1. The van der Waals surface area contributed by atoms with E-state index in [-0.39, 0.29) is 12.0 Å². The van der Waals surface area contributed by atoms with Crippen molar-refractivity contribution in [3.8, 4) is 0 Å². The summed E-state index contributed by atoms with van der Waals surface area (Å²) in [4.78, 5) is 1.41. The third-order valence-electron chi connectivity index (χ3n) is 3.32. The van der Waals surface area contributed by atoms with Gasteiger partial charge in [0.05, 0.1) is 0 Å². The van der Waals surface area contributed by atoms with Crippen LogP contribution in [0.25, 0.3) is 0 Å². The molecule has 2 nitrogen and oxygen atoms in total. The van der Waals surface area contributed by atoms with Gasteiger partial charge >= 0.3 is 0 Å². The molecule has 3 heteroatoms. The van der Waals surface area contributed by atoms with E-state index in [9.17, 15) is 0 Å². The molecule has 0 fully saturated rings. The van der Waals surface area contributed by atoms with Crippen LogP contribution in [0, 0.1) is 5.41 Å². The van der Waals surface area contributed by atoms with Crippen LogP contribution in [-0.2, 0) is 0 Å². The molecule has 2 rings (SSSR count). The van der Waals surface area contributed by atoms with E-state index in [4.69, 9.17) is 5.11 Å². The minimum absolute atomic E-state index is 0.164. The maximum atomic E-state index is 9.02. The van der Waals surface area contributed by atoms with Crippen molar-refractivity contribution < 1.29 is 5.11 Å². The van der Waals surface area contributed by atoms with E-state index in [0.717, 1.165) is 18.7 Å². The number of fused-ring (bicyclic) bond motifs is 1. The molecule has 2 N–H and O–H groups in total. The van der Waals surface area contributed by atoms with Gasteiger partial charge in [-0.1, -0.05) is 32.0 Å². The largest absolute Gasteiger partial charge is 0.396 e. The van der Waals surface area contributed by atoms with Gasteiger partial charge in [0.1, 0.15) is 0 Å². The van der Waals surface area contributed by atoms with Gasteiger partial charge in [0.15, 0.2) is 0 Å². The Kier molecular flexibility index (Phi) is 4.13. The van der Waals surface area contributed by atoms with Crippen molar-refractivity contribution in [2.45, 2.75) is 31.2 Å². The van der Waals surface area contributed by atoms with Gasteiger partial charge in [0, 0.05) is 29.8 Å². The Bertz CT molecular complexity index is 378. The SMILES string of the molecule is CC(C)(CCO)CNC1CSc2ccccc21. The first kappa shape index (κ1) is 12.9. The Morgan fingerprint density at radius 3 is 2.94 bits per heavy atom. The fraction of sp³-hybridized carbons (Fsp3) is 0.571. The van der Waals surface area contributed by atoms with Crippen LogP contribution >= 0.6 is 11.8 Å². The summed E-state index contributed by atoms with van der Waals surface area (Å²) in [7, 11) is 0. The topological polar surface area (TPSA) is 32.3 Å². The number of hydrogen-bond donors (Lipinski definition) is 2. The smallest absolute Gasteiger partial charge is 0.0436 e. The second kappa shape index (κ2) is 5.42. The summed E-state index contributed by atoms with van der Waals surface area (Å²) in [6, 6.07) is 9.09. The number of nitrogens with one attached hydrogen (secondary N) is 1. The molecular weight excluding hydrogens is 230 g/mol. The Morgan fingerprint density at radius 1 is 1.41 bits per heavy atom. The molecule has 0 saturated heterocycles. The minimum Gasteiger partial charge on any atom is -0.396 e. The fourth-order valence-electron chi connectivity index (χ4n) is 2.12. The molecule has 17 heavy (non-hydrogen) atoms. The predicted octanol–water partition coefficient (Wildman–Crippen LogP) is 2.83. The maximum absolute atomic E-state index is 9.02. The zero-order chi connectivity index (χ0) is 12.3. The fourth-order valence-corrected chi connectivity index (χ4v) is 3.32. The highest BCUT2D eigenvalue weighted by Gasteiger charge is 2.25. The Balaban J connectivity index is 1.94.